The van der Waals surface area contributed by atoms with Gasteiger partial charge >= 0.3 is 5.69 Å². The van der Waals surface area contributed by atoms with Gasteiger partial charge in [-0.15, -0.1) is 10.2 Å². The van der Waals surface area contributed by atoms with Crippen LogP contribution in [0.4, 0.5) is 0 Å². The number of imidazole rings is 1. The Kier molecular flexibility index (Phi) is 7.33. The largest absolute Gasteiger partial charge is 0.333 e. The minimum absolute atomic E-state index is 0.144. The molecular weight excluding hydrogens is 500 g/mol. The first-order valence-electron chi connectivity index (χ1n) is 12.5. The molecule has 0 aliphatic carbocycles. The van der Waals surface area contributed by atoms with E-state index in [1.54, 1.807) is 22.8 Å². The molecule has 5 aromatic rings. The Morgan fingerprint density at radius 2 is 1.76 bits per heavy atom. The van der Waals surface area contributed by atoms with Gasteiger partial charge in [-0.1, -0.05) is 79.5 Å². The van der Waals surface area contributed by atoms with Gasteiger partial charge in [-0.3, -0.25) is 13.9 Å². The first-order chi connectivity index (χ1) is 18.5. The molecule has 0 aliphatic rings. The molecule has 3 aromatic carbocycles. The number of para-hydroxylation sites is 1. The number of hydrogen-bond donors (Lipinski definition) is 1. The lowest BCUT2D eigenvalue weighted by Gasteiger charge is -2.10. The van der Waals surface area contributed by atoms with Gasteiger partial charge in [0.1, 0.15) is 0 Å². The predicted molar refractivity (Wildman–Crippen MR) is 148 cm³/mol. The maximum absolute atomic E-state index is 13.7. The van der Waals surface area contributed by atoms with Gasteiger partial charge in [-0.2, -0.15) is 5.21 Å². The van der Waals surface area contributed by atoms with Crippen LogP contribution in [0.25, 0.3) is 28.2 Å². The molecule has 0 amide bonds. The highest BCUT2D eigenvalue weighted by Gasteiger charge is 2.19. The van der Waals surface area contributed by atoms with E-state index in [4.69, 9.17) is 11.6 Å². The van der Waals surface area contributed by atoms with Crippen molar-refractivity contribution < 1.29 is 4.79 Å². The average molecular weight is 527 g/mol. The Morgan fingerprint density at radius 3 is 2.45 bits per heavy atom. The molecule has 5 rings (SSSR count). The van der Waals surface area contributed by atoms with Crippen LogP contribution < -0.4 is 5.69 Å². The van der Waals surface area contributed by atoms with E-state index in [1.807, 2.05) is 54.7 Å². The zero-order chi connectivity index (χ0) is 26.6. The second-order valence-electron chi connectivity index (χ2n) is 9.13. The number of H-pyrrole nitrogens is 1. The van der Waals surface area contributed by atoms with Gasteiger partial charge in [0.25, 0.3) is 0 Å². The van der Waals surface area contributed by atoms with E-state index >= 15 is 0 Å². The molecule has 0 saturated carbocycles. The Bertz CT molecular complexity index is 1630. The Labute approximate surface area is 224 Å². The molecule has 9 heteroatoms. The van der Waals surface area contributed by atoms with Gasteiger partial charge in [-0.25, -0.2) is 4.79 Å². The van der Waals surface area contributed by atoms with Gasteiger partial charge in [0, 0.05) is 23.0 Å². The van der Waals surface area contributed by atoms with Crippen molar-refractivity contribution in [2.24, 2.45) is 0 Å². The molecule has 0 radical (unpaired) electrons. The maximum atomic E-state index is 13.7. The van der Waals surface area contributed by atoms with Crippen molar-refractivity contribution in [1.82, 2.24) is 29.8 Å². The summed E-state index contributed by atoms with van der Waals surface area (Å²) in [6.45, 7) is 4.00. The third kappa shape index (κ3) is 4.95. The summed E-state index contributed by atoms with van der Waals surface area (Å²) >= 11 is 6.50. The molecule has 2 heterocycles. The summed E-state index contributed by atoms with van der Waals surface area (Å²) in [6.07, 6.45) is 4.51. The smallest absolute Gasteiger partial charge is 0.294 e. The molecule has 1 N–H and O–H groups in total. The van der Waals surface area contributed by atoms with Crippen molar-refractivity contribution in [3.63, 3.8) is 0 Å². The van der Waals surface area contributed by atoms with E-state index in [2.05, 4.69) is 27.5 Å². The van der Waals surface area contributed by atoms with Crippen LogP contribution in [0.5, 0.6) is 0 Å². The number of aryl methyl sites for hydroxylation is 1. The third-order valence-corrected chi connectivity index (χ3v) is 6.88. The fraction of sp³-hybridized carbons (Fsp3) is 0.207. The van der Waals surface area contributed by atoms with Gasteiger partial charge in [-0.05, 0) is 53.8 Å². The number of nitrogens with zero attached hydrogens (tertiary/aromatic N) is 5. The Balaban J connectivity index is 1.51. The number of nitrogens with one attached hydrogen (secondary N) is 1. The van der Waals surface area contributed by atoms with E-state index in [0.717, 1.165) is 47.2 Å². The highest BCUT2D eigenvalue weighted by atomic mass is 35.5. The van der Waals surface area contributed by atoms with Crippen molar-refractivity contribution in [2.75, 3.05) is 0 Å². The lowest BCUT2D eigenvalue weighted by Crippen LogP contribution is -2.25. The normalized spacial score (nSPS) is 11.1. The summed E-state index contributed by atoms with van der Waals surface area (Å²) in [6, 6.07) is 21.1. The summed E-state index contributed by atoms with van der Waals surface area (Å²) in [5.74, 6) is 0.386. The van der Waals surface area contributed by atoms with Crippen molar-refractivity contribution in [3.05, 3.63) is 105 Å². The molecule has 0 saturated heterocycles. The van der Waals surface area contributed by atoms with Crippen molar-refractivity contribution >= 4 is 17.4 Å². The standard InChI is InChI=1S/C29H27ClN6O2/c1-3-4-8-22-18-36(27-23(19(2)37)11-7-12-26(27)30)29(38)35(22)17-20-13-15-21(16-14-20)24-9-5-6-10-25(24)28-31-33-34-32-28/h5-7,9-16,18H,3-4,8,17H2,1-2H3,(H,31,32,33,34). The van der Waals surface area contributed by atoms with Gasteiger partial charge in [0.05, 0.1) is 17.3 Å². The zero-order valence-corrected chi connectivity index (χ0v) is 21.9. The summed E-state index contributed by atoms with van der Waals surface area (Å²) < 4.78 is 3.28. The summed E-state index contributed by atoms with van der Waals surface area (Å²) in [7, 11) is 0. The molecule has 0 aliphatic heterocycles. The minimum Gasteiger partial charge on any atom is -0.294 e. The van der Waals surface area contributed by atoms with Crippen molar-refractivity contribution in [1.29, 1.82) is 0 Å². The predicted octanol–water partition coefficient (Wildman–Crippen LogP) is 5.73. The number of carbonyl (C=O) groups excluding carboxylic acids is 1. The van der Waals surface area contributed by atoms with E-state index in [-0.39, 0.29) is 11.5 Å². The highest BCUT2D eigenvalue weighted by Crippen LogP contribution is 2.30. The van der Waals surface area contributed by atoms with E-state index in [0.29, 0.717) is 28.6 Å². The summed E-state index contributed by atoms with van der Waals surface area (Å²) in [5.41, 5.74) is 5.38. The third-order valence-electron chi connectivity index (χ3n) is 6.57. The topological polar surface area (TPSA) is 98.5 Å². The number of aromatic nitrogens is 6. The fourth-order valence-electron chi connectivity index (χ4n) is 4.64. The van der Waals surface area contributed by atoms with E-state index in [1.165, 1.54) is 11.5 Å². The Hall–Kier alpha value is -4.30. The number of benzene rings is 3. The molecular formula is C29H27ClN6O2. The number of hydrogen-bond acceptors (Lipinski definition) is 5. The summed E-state index contributed by atoms with van der Waals surface area (Å²) in [4.78, 5) is 26.0. The first-order valence-corrected chi connectivity index (χ1v) is 12.9. The number of rotatable bonds is 9. The zero-order valence-electron chi connectivity index (χ0n) is 21.2. The Morgan fingerprint density at radius 1 is 1.00 bits per heavy atom. The van der Waals surface area contributed by atoms with Crippen LogP contribution in [0, 0.1) is 0 Å². The van der Waals surface area contributed by atoms with Crippen LogP contribution in [0.3, 0.4) is 0 Å². The number of Topliss-reactive ketones (excluding diaryl/α,β-unsaturated/α-hetero) is 1. The fourth-order valence-corrected chi connectivity index (χ4v) is 4.90. The van der Waals surface area contributed by atoms with E-state index in [9.17, 15) is 9.59 Å². The number of halogens is 1. The molecule has 192 valence electrons. The van der Waals surface area contributed by atoms with E-state index < -0.39 is 0 Å². The minimum atomic E-state index is -0.224. The molecule has 0 unspecified atom stereocenters. The number of ketones is 1. The molecule has 0 fully saturated rings. The maximum Gasteiger partial charge on any atom is 0.333 e. The van der Waals surface area contributed by atoms with Crippen molar-refractivity contribution in [2.45, 2.75) is 39.7 Å². The first kappa shape index (κ1) is 25.4. The molecule has 38 heavy (non-hydrogen) atoms. The van der Waals surface area contributed by atoms with Gasteiger partial charge < -0.3 is 0 Å². The van der Waals surface area contributed by atoms with Gasteiger partial charge in [0.2, 0.25) is 5.82 Å². The molecule has 0 spiro atoms. The van der Waals surface area contributed by atoms with Crippen LogP contribution in [0.1, 0.15) is 48.3 Å². The summed E-state index contributed by atoms with van der Waals surface area (Å²) in [5, 5.41) is 14.8. The quantitative estimate of drug-likeness (QED) is 0.247. The average Bonchev–Trinajstić information content (AvgIpc) is 3.57. The van der Waals surface area contributed by atoms with Crippen LogP contribution in [-0.2, 0) is 13.0 Å². The van der Waals surface area contributed by atoms with Gasteiger partial charge in [0.15, 0.2) is 5.78 Å². The lowest BCUT2D eigenvalue weighted by molar-refractivity contribution is 0.101. The number of aromatic amines is 1. The molecule has 0 bridgehead atoms. The second-order valence-corrected chi connectivity index (χ2v) is 9.54. The number of unbranched alkanes of at least 4 members (excludes halogenated alkanes) is 1. The van der Waals surface area contributed by atoms with Crippen LogP contribution in [-0.4, -0.2) is 35.5 Å². The monoisotopic (exact) mass is 526 g/mol. The molecule has 8 nitrogen and oxygen atoms in total. The van der Waals surface area contributed by atoms with Crippen LogP contribution in [0.2, 0.25) is 5.02 Å². The van der Waals surface area contributed by atoms with Crippen molar-refractivity contribution in [3.8, 4) is 28.2 Å². The van der Waals surface area contributed by atoms with Crippen LogP contribution >= 0.6 is 11.6 Å². The lowest BCUT2D eigenvalue weighted by atomic mass is 9.98. The second kappa shape index (κ2) is 11.0. The SMILES string of the molecule is CCCCc1cn(-c2c(Cl)cccc2C(C)=O)c(=O)n1Cc1ccc(-c2ccccc2-c2nn[nH]n2)cc1. The number of carbonyl (C=O) groups is 1. The van der Waals surface area contributed by atoms with Crippen LogP contribution in [0.15, 0.2) is 77.7 Å². The molecule has 0 atom stereocenters. The highest BCUT2D eigenvalue weighted by molar-refractivity contribution is 6.33. The number of tetrazole rings is 1. The molecule has 2 aromatic heterocycles.